The van der Waals surface area contributed by atoms with E-state index < -0.39 is 0 Å². The number of para-hydroxylation sites is 1. The molecule has 22 heavy (non-hydrogen) atoms. The smallest absolute Gasteiger partial charge is 0.203 e. The Kier molecular flexibility index (Phi) is 4.73. The Labute approximate surface area is 135 Å². The van der Waals surface area contributed by atoms with Gasteiger partial charge in [-0.3, -0.25) is 5.43 Å². The first-order valence-corrected chi connectivity index (χ1v) is 8.57. The number of benzene rings is 1. The zero-order chi connectivity index (χ0) is 15.4. The molecule has 0 radical (unpaired) electrons. The van der Waals surface area contributed by atoms with Crippen molar-refractivity contribution in [2.45, 2.75) is 33.1 Å². The molecule has 1 aliphatic carbocycles. The van der Waals surface area contributed by atoms with Gasteiger partial charge in [-0.25, -0.2) is 4.98 Å². The van der Waals surface area contributed by atoms with Gasteiger partial charge in [-0.05, 0) is 44.2 Å². The van der Waals surface area contributed by atoms with Gasteiger partial charge in [0.1, 0.15) is 5.75 Å². The Balaban J connectivity index is 1.68. The molecule has 0 fully saturated rings. The van der Waals surface area contributed by atoms with Crippen molar-refractivity contribution in [3.8, 4) is 5.75 Å². The molecule has 2 aromatic rings. The number of hydrazone groups is 1. The van der Waals surface area contributed by atoms with Gasteiger partial charge in [0.2, 0.25) is 5.13 Å². The molecule has 1 aromatic heterocycles. The number of fused-ring (bicyclic) bond motifs is 1. The van der Waals surface area contributed by atoms with E-state index in [1.807, 2.05) is 31.2 Å². The highest BCUT2D eigenvalue weighted by molar-refractivity contribution is 7.15. The predicted molar refractivity (Wildman–Crippen MR) is 92.1 cm³/mol. The van der Waals surface area contributed by atoms with Crippen LogP contribution in [0.1, 0.15) is 36.4 Å². The van der Waals surface area contributed by atoms with Crippen LogP contribution in [0.25, 0.3) is 0 Å². The number of thiazole rings is 1. The summed E-state index contributed by atoms with van der Waals surface area (Å²) in [5.74, 6) is 1.62. The van der Waals surface area contributed by atoms with Crippen molar-refractivity contribution in [2.75, 3.05) is 12.0 Å². The molecule has 1 aliphatic rings. The maximum Gasteiger partial charge on any atom is 0.203 e. The molecule has 1 N–H and O–H groups in total. The van der Waals surface area contributed by atoms with Crippen molar-refractivity contribution in [3.63, 3.8) is 0 Å². The lowest BCUT2D eigenvalue weighted by Gasteiger charge is -2.15. The Morgan fingerprint density at radius 1 is 1.45 bits per heavy atom. The second-order valence-corrected chi connectivity index (χ2v) is 6.66. The molecule has 4 nitrogen and oxygen atoms in total. The number of aromatic nitrogens is 1. The van der Waals surface area contributed by atoms with E-state index in [-0.39, 0.29) is 0 Å². The molecule has 0 saturated heterocycles. The summed E-state index contributed by atoms with van der Waals surface area (Å²) in [7, 11) is 0. The maximum atomic E-state index is 5.59. The Hall–Kier alpha value is -1.88. The molecule has 5 heteroatoms. The van der Waals surface area contributed by atoms with Crippen molar-refractivity contribution < 1.29 is 4.74 Å². The summed E-state index contributed by atoms with van der Waals surface area (Å²) in [6, 6.07) is 7.89. The van der Waals surface area contributed by atoms with Crippen LogP contribution in [0.3, 0.4) is 0 Å². The Bertz CT molecular complexity index is 666. The summed E-state index contributed by atoms with van der Waals surface area (Å²) in [5.41, 5.74) is 5.27. The number of ether oxygens (including phenoxy) is 1. The molecule has 1 atom stereocenters. The van der Waals surface area contributed by atoms with E-state index in [1.54, 1.807) is 17.6 Å². The highest BCUT2D eigenvalue weighted by atomic mass is 32.1. The van der Waals surface area contributed by atoms with Crippen LogP contribution in [0.2, 0.25) is 0 Å². The van der Waals surface area contributed by atoms with Crippen molar-refractivity contribution in [1.82, 2.24) is 4.98 Å². The van der Waals surface area contributed by atoms with Gasteiger partial charge >= 0.3 is 0 Å². The predicted octanol–water partition coefficient (Wildman–Crippen LogP) is 4.11. The molecule has 1 heterocycles. The fraction of sp³-hybridized carbons (Fsp3) is 0.412. The fourth-order valence-corrected chi connectivity index (χ4v) is 3.74. The molecular weight excluding hydrogens is 294 g/mol. The fourth-order valence-electron chi connectivity index (χ4n) is 2.62. The number of rotatable bonds is 5. The molecule has 1 unspecified atom stereocenters. The highest BCUT2D eigenvalue weighted by Gasteiger charge is 2.19. The average molecular weight is 315 g/mol. The summed E-state index contributed by atoms with van der Waals surface area (Å²) in [6.07, 6.45) is 5.26. The topological polar surface area (TPSA) is 46.5 Å². The van der Waals surface area contributed by atoms with Crippen LogP contribution in [-0.2, 0) is 12.8 Å². The summed E-state index contributed by atoms with van der Waals surface area (Å²) >= 11 is 1.72. The molecule has 0 spiro atoms. The number of hydrogen-bond donors (Lipinski definition) is 1. The Morgan fingerprint density at radius 2 is 2.32 bits per heavy atom. The third kappa shape index (κ3) is 3.47. The van der Waals surface area contributed by atoms with Gasteiger partial charge in [0.25, 0.3) is 0 Å². The molecule has 116 valence electrons. The van der Waals surface area contributed by atoms with E-state index in [4.69, 9.17) is 4.74 Å². The first-order chi connectivity index (χ1) is 10.8. The minimum Gasteiger partial charge on any atom is -0.493 e. The second-order valence-electron chi connectivity index (χ2n) is 5.58. The van der Waals surface area contributed by atoms with E-state index in [9.17, 15) is 0 Å². The molecule has 0 saturated carbocycles. The normalized spacial score (nSPS) is 17.5. The van der Waals surface area contributed by atoms with Crippen LogP contribution in [0.4, 0.5) is 5.13 Å². The van der Waals surface area contributed by atoms with Crippen LogP contribution in [0, 0.1) is 5.92 Å². The second kappa shape index (κ2) is 6.92. The first-order valence-electron chi connectivity index (χ1n) is 7.75. The Morgan fingerprint density at radius 3 is 3.18 bits per heavy atom. The number of hydrogen-bond acceptors (Lipinski definition) is 5. The maximum absolute atomic E-state index is 5.59. The van der Waals surface area contributed by atoms with E-state index in [2.05, 4.69) is 22.4 Å². The summed E-state index contributed by atoms with van der Waals surface area (Å²) in [5, 5.41) is 5.19. The third-order valence-corrected chi connectivity index (χ3v) is 4.79. The molecule has 1 aromatic carbocycles. The lowest BCUT2D eigenvalue weighted by Crippen LogP contribution is -2.09. The van der Waals surface area contributed by atoms with E-state index in [1.165, 1.54) is 17.0 Å². The standard InChI is InChI=1S/C17H21N3OS/c1-3-21-15-7-5-4-6-13(15)11-18-20-17-19-14-9-8-12(2)10-16(14)22-17/h4-7,11-12H,3,8-10H2,1-2H3,(H,19,20)/b18-11-. The SMILES string of the molecule is CCOc1ccccc1/C=N\Nc1nc2c(s1)CC(C)CC2. The highest BCUT2D eigenvalue weighted by Crippen LogP contribution is 2.32. The van der Waals surface area contributed by atoms with E-state index >= 15 is 0 Å². The monoisotopic (exact) mass is 315 g/mol. The van der Waals surface area contributed by atoms with E-state index in [0.29, 0.717) is 6.61 Å². The van der Waals surface area contributed by atoms with Crippen molar-refractivity contribution in [3.05, 3.63) is 40.4 Å². The minimum atomic E-state index is 0.648. The van der Waals surface area contributed by atoms with Crippen molar-refractivity contribution >= 4 is 22.7 Å². The van der Waals surface area contributed by atoms with Crippen LogP contribution in [0.5, 0.6) is 5.75 Å². The average Bonchev–Trinajstić information content (AvgIpc) is 2.91. The quantitative estimate of drug-likeness (QED) is 0.667. The zero-order valence-electron chi connectivity index (χ0n) is 13.0. The van der Waals surface area contributed by atoms with Crippen molar-refractivity contribution in [1.29, 1.82) is 0 Å². The lowest BCUT2D eigenvalue weighted by atomic mass is 9.93. The van der Waals surface area contributed by atoms with Crippen molar-refractivity contribution in [2.24, 2.45) is 11.0 Å². The van der Waals surface area contributed by atoms with Gasteiger partial charge in [-0.15, -0.1) is 11.3 Å². The number of nitrogens with one attached hydrogen (secondary N) is 1. The van der Waals surface area contributed by atoms with Crippen LogP contribution in [-0.4, -0.2) is 17.8 Å². The largest absolute Gasteiger partial charge is 0.493 e. The van der Waals surface area contributed by atoms with Gasteiger partial charge < -0.3 is 4.74 Å². The third-order valence-electron chi connectivity index (χ3n) is 3.77. The molecule has 0 aliphatic heterocycles. The minimum absolute atomic E-state index is 0.648. The number of nitrogens with zero attached hydrogens (tertiary/aromatic N) is 2. The number of aryl methyl sites for hydroxylation is 1. The van der Waals surface area contributed by atoms with Crippen LogP contribution >= 0.6 is 11.3 Å². The lowest BCUT2D eigenvalue weighted by molar-refractivity contribution is 0.340. The summed E-state index contributed by atoms with van der Waals surface area (Å²) < 4.78 is 5.59. The molecule has 0 bridgehead atoms. The molecule has 3 rings (SSSR count). The van der Waals surface area contributed by atoms with Gasteiger partial charge in [0.05, 0.1) is 18.5 Å². The summed E-state index contributed by atoms with van der Waals surface area (Å²) in [4.78, 5) is 6.05. The number of anilines is 1. The van der Waals surface area contributed by atoms with Gasteiger partial charge in [-0.1, -0.05) is 19.1 Å². The first kappa shape index (κ1) is 15.0. The molecule has 0 amide bonds. The van der Waals surface area contributed by atoms with Crippen LogP contribution < -0.4 is 10.2 Å². The molecular formula is C17H21N3OS. The van der Waals surface area contributed by atoms with E-state index in [0.717, 1.165) is 35.2 Å². The summed E-state index contributed by atoms with van der Waals surface area (Å²) in [6.45, 7) is 4.93. The van der Waals surface area contributed by atoms with Gasteiger partial charge in [0.15, 0.2) is 0 Å². The van der Waals surface area contributed by atoms with Crippen LogP contribution in [0.15, 0.2) is 29.4 Å². The van der Waals surface area contributed by atoms with Gasteiger partial charge in [0, 0.05) is 10.4 Å². The zero-order valence-corrected chi connectivity index (χ0v) is 13.8. The van der Waals surface area contributed by atoms with Gasteiger partial charge in [-0.2, -0.15) is 5.10 Å².